The van der Waals surface area contributed by atoms with E-state index >= 15 is 0 Å². The van der Waals surface area contributed by atoms with Crippen LogP contribution in [0.1, 0.15) is 39.2 Å². The average Bonchev–Trinajstić information content (AvgIpc) is 2.78. The molecule has 3 heteroatoms. The van der Waals surface area contributed by atoms with Gasteiger partial charge in [-0.05, 0) is 55.0 Å². The first kappa shape index (κ1) is 14.9. The Kier molecular flexibility index (Phi) is 4.26. The molecule has 1 saturated heterocycles. The Balaban J connectivity index is 2.35. The number of rotatable bonds is 3. The molecule has 19 heavy (non-hydrogen) atoms. The Morgan fingerprint density at radius 3 is 2.63 bits per heavy atom. The fraction of sp³-hybridized carbons (Fsp3) is 0.625. The monoisotopic (exact) mass is 325 g/mol. The summed E-state index contributed by atoms with van der Waals surface area (Å²) < 4.78 is 6.64. The molecule has 1 unspecified atom stereocenters. The van der Waals surface area contributed by atoms with Crippen LogP contribution in [-0.4, -0.2) is 19.2 Å². The van der Waals surface area contributed by atoms with Crippen molar-refractivity contribution in [3.05, 3.63) is 28.2 Å². The standard InChI is InChI=1S/C16H24BrNO/c1-15(2,3)16(8-5-9-18-16)11-12-10-13(17)6-7-14(12)19-4/h6-7,10,18H,5,8-9,11H2,1-4H3. The Morgan fingerprint density at radius 2 is 2.11 bits per heavy atom. The van der Waals surface area contributed by atoms with E-state index in [4.69, 9.17) is 4.74 Å². The molecule has 0 aliphatic carbocycles. The van der Waals surface area contributed by atoms with Crippen LogP contribution in [0, 0.1) is 5.41 Å². The first-order valence-corrected chi connectivity index (χ1v) is 7.75. The lowest BCUT2D eigenvalue weighted by Crippen LogP contribution is -2.52. The Hall–Kier alpha value is -0.540. The predicted molar refractivity (Wildman–Crippen MR) is 83.8 cm³/mol. The van der Waals surface area contributed by atoms with Crippen LogP contribution in [0.25, 0.3) is 0 Å². The maximum absolute atomic E-state index is 5.52. The van der Waals surface area contributed by atoms with Crippen LogP contribution in [0.3, 0.4) is 0 Å². The van der Waals surface area contributed by atoms with Crippen molar-refractivity contribution in [2.45, 2.75) is 45.6 Å². The molecular weight excluding hydrogens is 302 g/mol. The molecule has 0 aromatic heterocycles. The zero-order valence-electron chi connectivity index (χ0n) is 12.3. The lowest BCUT2D eigenvalue weighted by atomic mass is 9.69. The second kappa shape index (κ2) is 5.45. The van der Waals surface area contributed by atoms with Gasteiger partial charge >= 0.3 is 0 Å². The van der Waals surface area contributed by atoms with E-state index in [-0.39, 0.29) is 11.0 Å². The molecular formula is C16H24BrNO. The summed E-state index contributed by atoms with van der Waals surface area (Å²) in [6.45, 7) is 8.11. The number of hydrogen-bond acceptors (Lipinski definition) is 2. The summed E-state index contributed by atoms with van der Waals surface area (Å²) in [5, 5.41) is 3.76. The van der Waals surface area contributed by atoms with Gasteiger partial charge in [0.15, 0.2) is 0 Å². The van der Waals surface area contributed by atoms with E-state index in [0.717, 1.165) is 23.2 Å². The zero-order valence-corrected chi connectivity index (χ0v) is 13.9. The molecule has 106 valence electrons. The third-order valence-corrected chi connectivity index (χ3v) is 4.91. The van der Waals surface area contributed by atoms with Gasteiger partial charge in [-0.2, -0.15) is 0 Å². The van der Waals surface area contributed by atoms with Crippen LogP contribution >= 0.6 is 15.9 Å². The van der Waals surface area contributed by atoms with Gasteiger partial charge in [0, 0.05) is 10.0 Å². The highest BCUT2D eigenvalue weighted by molar-refractivity contribution is 9.10. The summed E-state index contributed by atoms with van der Waals surface area (Å²) in [6, 6.07) is 6.27. The molecule has 0 bridgehead atoms. The van der Waals surface area contributed by atoms with Crippen molar-refractivity contribution in [1.82, 2.24) is 5.32 Å². The van der Waals surface area contributed by atoms with Crippen LogP contribution in [-0.2, 0) is 6.42 Å². The van der Waals surface area contributed by atoms with Crippen molar-refractivity contribution < 1.29 is 4.74 Å². The van der Waals surface area contributed by atoms with Gasteiger partial charge in [-0.3, -0.25) is 0 Å². The molecule has 1 atom stereocenters. The molecule has 0 amide bonds. The molecule has 1 N–H and O–H groups in total. The van der Waals surface area contributed by atoms with Gasteiger partial charge in [0.2, 0.25) is 0 Å². The zero-order chi connectivity index (χ0) is 14.1. The topological polar surface area (TPSA) is 21.3 Å². The second-order valence-corrected chi connectivity index (χ2v) is 7.41. The third kappa shape index (κ3) is 2.97. The van der Waals surface area contributed by atoms with Crippen molar-refractivity contribution in [2.24, 2.45) is 5.41 Å². The first-order valence-electron chi connectivity index (χ1n) is 6.95. The summed E-state index contributed by atoms with van der Waals surface area (Å²) in [6.07, 6.45) is 3.50. The Morgan fingerprint density at radius 1 is 1.37 bits per heavy atom. The number of hydrogen-bond donors (Lipinski definition) is 1. The first-order chi connectivity index (χ1) is 8.88. The molecule has 2 nitrogen and oxygen atoms in total. The lowest BCUT2D eigenvalue weighted by molar-refractivity contribution is 0.158. The SMILES string of the molecule is COc1ccc(Br)cc1CC1(C(C)(C)C)CCCN1. The third-order valence-electron chi connectivity index (χ3n) is 4.41. The molecule has 1 aromatic carbocycles. The second-order valence-electron chi connectivity index (χ2n) is 6.50. The lowest BCUT2D eigenvalue weighted by Gasteiger charge is -2.43. The van der Waals surface area contributed by atoms with Gasteiger partial charge < -0.3 is 10.1 Å². The highest BCUT2D eigenvalue weighted by Gasteiger charge is 2.44. The van der Waals surface area contributed by atoms with Crippen molar-refractivity contribution in [2.75, 3.05) is 13.7 Å². The summed E-state index contributed by atoms with van der Waals surface area (Å²) in [7, 11) is 1.75. The van der Waals surface area contributed by atoms with Crippen LogP contribution in [0.4, 0.5) is 0 Å². The van der Waals surface area contributed by atoms with Crippen molar-refractivity contribution in [1.29, 1.82) is 0 Å². The van der Waals surface area contributed by atoms with Crippen LogP contribution in [0.2, 0.25) is 0 Å². The molecule has 1 heterocycles. The van der Waals surface area contributed by atoms with Crippen molar-refractivity contribution in [3.63, 3.8) is 0 Å². The summed E-state index contributed by atoms with van der Waals surface area (Å²) in [4.78, 5) is 0. The van der Waals surface area contributed by atoms with Gasteiger partial charge in [-0.25, -0.2) is 0 Å². The maximum atomic E-state index is 5.52. The van der Waals surface area contributed by atoms with Crippen LogP contribution in [0.5, 0.6) is 5.75 Å². The van der Waals surface area contributed by atoms with Gasteiger partial charge in [0.25, 0.3) is 0 Å². The van der Waals surface area contributed by atoms with E-state index < -0.39 is 0 Å². The Labute approximate surface area is 125 Å². The van der Waals surface area contributed by atoms with E-state index in [2.05, 4.69) is 48.1 Å². The molecule has 1 aliphatic heterocycles. The van der Waals surface area contributed by atoms with Crippen LogP contribution in [0.15, 0.2) is 22.7 Å². The molecule has 1 aliphatic rings. The minimum atomic E-state index is 0.168. The maximum Gasteiger partial charge on any atom is 0.122 e. The number of methoxy groups -OCH3 is 1. The number of ether oxygens (including phenoxy) is 1. The summed E-state index contributed by atoms with van der Waals surface area (Å²) in [5.74, 6) is 0.987. The largest absolute Gasteiger partial charge is 0.496 e. The fourth-order valence-electron chi connectivity index (χ4n) is 3.07. The average molecular weight is 326 g/mol. The quantitative estimate of drug-likeness (QED) is 0.900. The molecule has 0 radical (unpaired) electrons. The minimum Gasteiger partial charge on any atom is -0.496 e. The van der Waals surface area contributed by atoms with Crippen molar-refractivity contribution >= 4 is 15.9 Å². The molecule has 1 fully saturated rings. The fourth-order valence-corrected chi connectivity index (χ4v) is 3.48. The molecule has 2 rings (SSSR count). The van der Waals surface area contributed by atoms with E-state index in [0.29, 0.717) is 0 Å². The van der Waals surface area contributed by atoms with E-state index in [1.165, 1.54) is 18.4 Å². The normalized spacial score (nSPS) is 23.6. The highest BCUT2D eigenvalue weighted by atomic mass is 79.9. The van der Waals surface area contributed by atoms with Crippen LogP contribution < -0.4 is 10.1 Å². The summed E-state index contributed by atoms with van der Waals surface area (Å²) >= 11 is 3.57. The van der Waals surface area contributed by atoms with Gasteiger partial charge in [0.05, 0.1) is 7.11 Å². The van der Waals surface area contributed by atoms with Gasteiger partial charge in [-0.1, -0.05) is 36.7 Å². The predicted octanol–water partition coefficient (Wildman–Crippen LogP) is 4.17. The van der Waals surface area contributed by atoms with E-state index in [9.17, 15) is 0 Å². The highest BCUT2D eigenvalue weighted by Crippen LogP contribution is 2.41. The number of halogens is 1. The van der Waals surface area contributed by atoms with Gasteiger partial charge in [0.1, 0.15) is 5.75 Å². The Bertz CT molecular complexity index is 445. The minimum absolute atomic E-state index is 0.168. The van der Waals surface area contributed by atoms with E-state index in [1.54, 1.807) is 7.11 Å². The molecule has 0 saturated carbocycles. The van der Waals surface area contributed by atoms with Crippen molar-refractivity contribution in [3.8, 4) is 5.75 Å². The smallest absolute Gasteiger partial charge is 0.122 e. The van der Waals surface area contributed by atoms with E-state index in [1.807, 2.05) is 12.1 Å². The summed E-state index contributed by atoms with van der Waals surface area (Å²) in [5.41, 5.74) is 1.68. The molecule has 0 spiro atoms. The van der Waals surface area contributed by atoms with Gasteiger partial charge in [-0.15, -0.1) is 0 Å². The molecule has 1 aromatic rings. The number of benzene rings is 1. The number of nitrogens with one attached hydrogen (secondary N) is 1.